The maximum absolute atomic E-state index is 5.20. The fourth-order valence-corrected chi connectivity index (χ4v) is 17.2. The molecule has 5 heteroatoms. The summed E-state index contributed by atoms with van der Waals surface area (Å²) in [4.78, 5) is 5.20. The zero-order valence-corrected chi connectivity index (χ0v) is 33.3. The summed E-state index contributed by atoms with van der Waals surface area (Å²) in [5, 5.41) is 9.29. The summed E-state index contributed by atoms with van der Waals surface area (Å²) in [6.07, 6.45) is 9.80. The molecule has 6 aromatic carbocycles. The molecule has 2 atom stereocenters. The van der Waals surface area contributed by atoms with E-state index in [9.17, 15) is 0 Å². The fourth-order valence-electron chi connectivity index (χ4n) is 8.70. The fraction of sp³-hybridized carbons (Fsp3) is 0.0816. The van der Waals surface area contributed by atoms with Crippen molar-refractivity contribution in [2.45, 2.75) is 26.8 Å². The molecule has 264 valence electrons. The van der Waals surface area contributed by atoms with Crippen LogP contribution in [0.2, 0.25) is 6.55 Å². The number of benzene rings is 6. The van der Waals surface area contributed by atoms with Crippen molar-refractivity contribution in [3.63, 3.8) is 0 Å². The van der Waals surface area contributed by atoms with Crippen LogP contribution in [0.1, 0.15) is 20.3 Å². The molecule has 0 bridgehead atoms. The van der Waals surface area contributed by atoms with E-state index in [1.54, 1.807) is 0 Å². The molecule has 0 aliphatic rings. The van der Waals surface area contributed by atoms with E-state index in [0.717, 1.165) is 40.0 Å². The second-order valence-electron chi connectivity index (χ2n) is 14.0. The average molecular weight is 732 g/mol. The summed E-state index contributed by atoms with van der Waals surface area (Å²) < 4.78 is 4.61. The van der Waals surface area contributed by atoms with Gasteiger partial charge in [0.1, 0.15) is 8.07 Å². The van der Waals surface area contributed by atoms with E-state index >= 15 is 0 Å². The van der Waals surface area contributed by atoms with E-state index in [2.05, 4.69) is 225 Å². The van der Waals surface area contributed by atoms with Crippen molar-refractivity contribution in [2.75, 3.05) is 0 Å². The first-order valence-electron chi connectivity index (χ1n) is 18.8. The molecule has 2 unspecified atom stereocenters. The van der Waals surface area contributed by atoms with Crippen LogP contribution in [-0.2, 0) is 0 Å². The maximum Gasteiger partial charge on any atom is 0.220 e. The van der Waals surface area contributed by atoms with Crippen molar-refractivity contribution < 1.29 is 0 Å². The van der Waals surface area contributed by atoms with Crippen molar-refractivity contribution in [1.29, 1.82) is 0 Å². The summed E-state index contributed by atoms with van der Waals surface area (Å²) >= 11 is 0. The lowest BCUT2D eigenvalue weighted by Gasteiger charge is -2.36. The van der Waals surface area contributed by atoms with Crippen LogP contribution in [0.25, 0.3) is 33.5 Å². The number of imidazole rings is 2. The van der Waals surface area contributed by atoms with Crippen LogP contribution in [0.5, 0.6) is 0 Å². The molecule has 0 radical (unpaired) electrons. The third-order valence-corrected chi connectivity index (χ3v) is 20.8. The first-order chi connectivity index (χ1) is 26.5. The highest BCUT2D eigenvalue weighted by Crippen LogP contribution is 2.30. The summed E-state index contributed by atoms with van der Waals surface area (Å²) in [7, 11) is -5.23. The lowest BCUT2D eigenvalue weighted by Crippen LogP contribution is -2.68. The lowest BCUT2D eigenvalue weighted by molar-refractivity contribution is 1.11. The lowest BCUT2D eigenvalue weighted by atomic mass is 10.2. The highest BCUT2D eigenvalue weighted by Gasteiger charge is 2.43. The molecule has 8 aromatic rings. The first kappa shape index (κ1) is 35.0. The van der Waals surface area contributed by atoms with E-state index < -0.39 is 16.1 Å². The van der Waals surface area contributed by atoms with Gasteiger partial charge < -0.3 is 0 Å². The van der Waals surface area contributed by atoms with Gasteiger partial charge >= 0.3 is 0 Å². The van der Waals surface area contributed by atoms with E-state index in [-0.39, 0.29) is 0 Å². The van der Waals surface area contributed by atoms with Gasteiger partial charge in [-0.15, -0.1) is 0 Å². The summed E-state index contributed by atoms with van der Waals surface area (Å²) in [5.41, 5.74) is 5.43. The van der Waals surface area contributed by atoms with Crippen molar-refractivity contribution in [2.24, 2.45) is 0 Å². The Hall–Kier alpha value is -6.02. The predicted molar refractivity (Wildman–Crippen MR) is 237 cm³/mol. The smallest absolute Gasteiger partial charge is 0.220 e. The van der Waals surface area contributed by atoms with Crippen LogP contribution in [-0.4, -0.2) is 30.1 Å². The van der Waals surface area contributed by atoms with Gasteiger partial charge in [0.25, 0.3) is 0 Å². The molecular weight excluding hydrogens is 687 g/mol. The van der Waals surface area contributed by atoms with Gasteiger partial charge in [-0.1, -0.05) is 183 Å². The number of nitrogens with zero attached hydrogens (tertiary/aromatic N) is 3. The SMILES string of the molecule is C=CC(=CCC)[Si](C)(c1ccccc1)c1ccc([Si](C(C=C)=CC)(c2ccccc2)c2cccc(-n3c4ccccc4n4c5ccccc5nc34)c2)cc1. The number of para-hydroxylation sites is 4. The van der Waals surface area contributed by atoms with Gasteiger partial charge in [0.05, 0.1) is 22.1 Å². The third kappa shape index (κ3) is 5.42. The van der Waals surface area contributed by atoms with Gasteiger partial charge in [-0.05, 0) is 75.7 Å². The van der Waals surface area contributed by atoms with Gasteiger partial charge in [0.2, 0.25) is 5.78 Å². The Kier molecular flexibility index (Phi) is 9.36. The monoisotopic (exact) mass is 731 g/mol. The first-order valence-corrected chi connectivity index (χ1v) is 23.3. The number of aromatic nitrogens is 3. The standard InChI is InChI=1S/C49H45N3Si2/c1-6-21-39(9-4)53(5,40-23-12-10-13-24-40)41-32-34-43(35-33-41)54(38(7-2)8-3,42-25-14-11-15-26-42)44-27-20-22-37(36-44)51-47-30-18-19-31-48(47)52-46-29-17-16-28-45(46)50-49(51)52/h7-36H,2,4,6H2,1,3,5H3. The second-order valence-corrected chi connectivity index (χ2v) is 21.8. The van der Waals surface area contributed by atoms with Gasteiger partial charge in [-0.2, -0.15) is 0 Å². The highest BCUT2D eigenvalue weighted by atomic mass is 28.3. The van der Waals surface area contributed by atoms with Gasteiger partial charge in [-0.25, -0.2) is 4.98 Å². The van der Waals surface area contributed by atoms with Crippen molar-refractivity contribution in [1.82, 2.24) is 14.0 Å². The molecule has 0 saturated heterocycles. The van der Waals surface area contributed by atoms with E-state index in [1.807, 2.05) is 0 Å². The summed E-state index contributed by atoms with van der Waals surface area (Å²) in [6, 6.07) is 58.0. The molecule has 0 aliphatic carbocycles. The Bertz CT molecular complexity index is 2700. The third-order valence-electron chi connectivity index (χ3n) is 11.3. The van der Waals surface area contributed by atoms with Crippen molar-refractivity contribution in [3.8, 4) is 5.69 Å². The molecule has 54 heavy (non-hydrogen) atoms. The Morgan fingerprint density at radius 1 is 0.593 bits per heavy atom. The van der Waals surface area contributed by atoms with E-state index in [1.165, 1.54) is 36.3 Å². The van der Waals surface area contributed by atoms with Crippen LogP contribution in [0, 0.1) is 0 Å². The molecule has 0 aliphatic heterocycles. The van der Waals surface area contributed by atoms with Crippen LogP contribution in [0.15, 0.2) is 206 Å². The number of rotatable bonds is 11. The minimum absolute atomic E-state index is 0.907. The molecule has 2 aromatic heterocycles. The maximum atomic E-state index is 5.20. The minimum Gasteiger partial charge on any atom is -0.278 e. The van der Waals surface area contributed by atoms with Crippen molar-refractivity contribution >= 4 is 69.9 Å². The van der Waals surface area contributed by atoms with Gasteiger partial charge in [-0.3, -0.25) is 8.97 Å². The number of fused-ring (bicyclic) bond motifs is 5. The Morgan fingerprint density at radius 3 is 1.78 bits per heavy atom. The molecule has 3 nitrogen and oxygen atoms in total. The van der Waals surface area contributed by atoms with Crippen LogP contribution < -0.4 is 25.9 Å². The number of allylic oxidation sites excluding steroid dienone is 6. The zero-order valence-electron chi connectivity index (χ0n) is 31.3. The molecule has 0 spiro atoms. The largest absolute Gasteiger partial charge is 0.278 e. The molecular formula is C49H45N3Si2. The highest BCUT2D eigenvalue weighted by molar-refractivity contribution is 7.16. The van der Waals surface area contributed by atoms with Crippen molar-refractivity contribution in [3.05, 3.63) is 206 Å². The predicted octanol–water partition coefficient (Wildman–Crippen LogP) is 8.83. The number of hydrogen-bond acceptors (Lipinski definition) is 1. The van der Waals surface area contributed by atoms with Crippen LogP contribution in [0.4, 0.5) is 0 Å². The topological polar surface area (TPSA) is 22.2 Å². The summed E-state index contributed by atoms with van der Waals surface area (Å²) in [5.74, 6) is 0.907. The van der Waals surface area contributed by atoms with Gasteiger partial charge in [0, 0.05) is 5.69 Å². The molecule has 0 fully saturated rings. The molecule has 0 saturated carbocycles. The van der Waals surface area contributed by atoms with E-state index in [4.69, 9.17) is 4.98 Å². The summed E-state index contributed by atoms with van der Waals surface area (Å²) in [6.45, 7) is 15.6. The molecule has 0 amide bonds. The number of hydrogen-bond donors (Lipinski definition) is 0. The Balaban J connectivity index is 1.39. The van der Waals surface area contributed by atoms with E-state index in [0.29, 0.717) is 0 Å². The Labute approximate surface area is 320 Å². The minimum atomic E-state index is -2.89. The molecule has 0 N–H and O–H groups in total. The molecule has 8 rings (SSSR count). The molecule has 2 heterocycles. The zero-order chi connectivity index (χ0) is 37.3. The normalized spacial score (nSPS) is 14.6. The average Bonchev–Trinajstić information content (AvgIpc) is 3.77. The quantitative estimate of drug-likeness (QED) is 0.0741. The van der Waals surface area contributed by atoms with Gasteiger partial charge in [0.15, 0.2) is 8.07 Å². The van der Waals surface area contributed by atoms with Crippen LogP contribution in [0.3, 0.4) is 0 Å². The Morgan fingerprint density at radius 2 is 1.13 bits per heavy atom. The van der Waals surface area contributed by atoms with Crippen LogP contribution >= 0.6 is 0 Å². The second kappa shape index (κ2) is 14.4.